The van der Waals surface area contributed by atoms with Crippen LogP contribution in [-0.4, -0.2) is 43.7 Å². The first-order valence-electron chi connectivity index (χ1n) is 8.47. The van der Waals surface area contributed by atoms with Gasteiger partial charge in [0.05, 0.1) is 27.9 Å². The van der Waals surface area contributed by atoms with Crippen LogP contribution in [0.3, 0.4) is 0 Å². The molecule has 8 nitrogen and oxygen atoms in total. The number of rotatable bonds is 6. The number of amides is 1. The summed E-state index contributed by atoms with van der Waals surface area (Å²) >= 11 is 0. The topological polar surface area (TPSA) is 122 Å². The van der Waals surface area contributed by atoms with E-state index < -0.39 is 31.8 Å². The molecule has 1 amide bonds. The minimum Gasteiger partial charge on any atom is -0.381 e. The van der Waals surface area contributed by atoms with Gasteiger partial charge < -0.3 is 9.26 Å². The Kier molecular flexibility index (Phi) is 5.78. The number of nitriles is 1. The summed E-state index contributed by atoms with van der Waals surface area (Å²) in [6, 6.07) is 3.57. The smallest absolute Gasteiger partial charge is 0.233 e. The van der Waals surface area contributed by atoms with Crippen molar-refractivity contribution in [3.05, 3.63) is 11.8 Å². The van der Waals surface area contributed by atoms with Crippen LogP contribution in [0.5, 0.6) is 0 Å². The second kappa shape index (κ2) is 7.37. The summed E-state index contributed by atoms with van der Waals surface area (Å²) in [6.45, 7) is 7.37. The average molecular weight is 383 g/mol. The van der Waals surface area contributed by atoms with Crippen LogP contribution < -0.4 is 5.32 Å². The summed E-state index contributed by atoms with van der Waals surface area (Å²) in [5.74, 6) is -0.656. The Balaban J connectivity index is 2.07. The van der Waals surface area contributed by atoms with Crippen LogP contribution in [0.1, 0.15) is 46.2 Å². The van der Waals surface area contributed by atoms with Crippen molar-refractivity contribution in [2.45, 2.75) is 51.2 Å². The van der Waals surface area contributed by atoms with Crippen molar-refractivity contribution in [1.29, 1.82) is 5.26 Å². The highest BCUT2D eigenvalue weighted by Gasteiger charge is 2.38. The van der Waals surface area contributed by atoms with Gasteiger partial charge in [0.2, 0.25) is 11.8 Å². The quantitative estimate of drug-likeness (QED) is 0.797. The van der Waals surface area contributed by atoms with E-state index >= 15 is 0 Å². The fourth-order valence-electron chi connectivity index (χ4n) is 2.69. The number of anilines is 1. The van der Waals surface area contributed by atoms with Crippen LogP contribution in [0.4, 0.5) is 5.88 Å². The lowest BCUT2D eigenvalue weighted by molar-refractivity contribution is -0.123. The number of hydrogen-bond acceptors (Lipinski definition) is 7. The second-order valence-electron chi connectivity index (χ2n) is 7.77. The van der Waals surface area contributed by atoms with Gasteiger partial charge in [0.15, 0.2) is 9.84 Å². The fourth-order valence-corrected chi connectivity index (χ4v) is 4.97. The summed E-state index contributed by atoms with van der Waals surface area (Å²) in [7, 11) is -3.43. The fraction of sp³-hybridized carbons (Fsp3) is 0.706. The maximum atomic E-state index is 12.6. The third-order valence-corrected chi connectivity index (χ3v) is 7.13. The Morgan fingerprint density at radius 3 is 2.54 bits per heavy atom. The standard InChI is InChI=1S/C17H25N3O5S/c1-16(2,10-18)13-9-14(25-20-13)19-15(21)17(3,4)11-26(22,23)12-5-7-24-8-6-12/h9,12H,5-8,11H2,1-4H3,(H,19,21). The molecule has 1 aromatic rings. The van der Waals surface area contributed by atoms with E-state index in [1.165, 1.54) is 6.07 Å². The zero-order valence-electron chi connectivity index (χ0n) is 15.5. The van der Waals surface area contributed by atoms with Gasteiger partial charge in [0.25, 0.3) is 0 Å². The number of sulfone groups is 1. The molecule has 2 heterocycles. The van der Waals surface area contributed by atoms with Gasteiger partial charge in [0, 0.05) is 19.3 Å². The minimum atomic E-state index is -3.43. The van der Waals surface area contributed by atoms with Gasteiger partial charge in [-0.15, -0.1) is 0 Å². The van der Waals surface area contributed by atoms with Crippen LogP contribution >= 0.6 is 0 Å². The molecule has 144 valence electrons. The monoisotopic (exact) mass is 383 g/mol. The first-order chi connectivity index (χ1) is 12.0. The Bertz CT molecular complexity index is 799. The number of ether oxygens (including phenoxy) is 1. The molecular formula is C17H25N3O5S. The number of nitrogens with one attached hydrogen (secondary N) is 1. The van der Waals surface area contributed by atoms with E-state index in [0.29, 0.717) is 31.7 Å². The van der Waals surface area contributed by atoms with Gasteiger partial charge in [-0.25, -0.2) is 8.42 Å². The highest BCUT2D eigenvalue weighted by atomic mass is 32.2. The molecule has 0 atom stereocenters. The van der Waals surface area contributed by atoms with Gasteiger partial charge in [-0.05, 0) is 26.7 Å². The molecule has 26 heavy (non-hydrogen) atoms. The number of aromatic nitrogens is 1. The SMILES string of the molecule is CC(C)(CS(=O)(=O)C1CCOCC1)C(=O)Nc1cc(C(C)(C)C#N)no1. The van der Waals surface area contributed by atoms with E-state index in [-0.39, 0.29) is 11.6 Å². The molecule has 2 rings (SSSR count). The molecule has 1 fully saturated rings. The molecule has 9 heteroatoms. The highest BCUT2D eigenvalue weighted by molar-refractivity contribution is 7.92. The normalized spacial score (nSPS) is 16.9. The second-order valence-corrected chi connectivity index (χ2v) is 10.1. The largest absolute Gasteiger partial charge is 0.381 e. The van der Waals surface area contributed by atoms with E-state index in [1.807, 2.05) is 0 Å². The van der Waals surface area contributed by atoms with Gasteiger partial charge in [0.1, 0.15) is 5.69 Å². The third kappa shape index (κ3) is 4.62. The molecule has 1 aliphatic heterocycles. The summed E-state index contributed by atoms with van der Waals surface area (Å²) < 4.78 is 35.5. The van der Waals surface area contributed by atoms with Crippen molar-refractivity contribution >= 4 is 21.6 Å². The maximum absolute atomic E-state index is 12.6. The predicted octanol–water partition coefficient (Wildman–Crippen LogP) is 2.03. The van der Waals surface area contributed by atoms with E-state index in [9.17, 15) is 13.2 Å². The van der Waals surface area contributed by atoms with E-state index in [4.69, 9.17) is 14.5 Å². The number of hydrogen-bond donors (Lipinski definition) is 1. The summed E-state index contributed by atoms with van der Waals surface area (Å²) in [4.78, 5) is 12.6. The maximum Gasteiger partial charge on any atom is 0.233 e. The molecule has 0 bridgehead atoms. The minimum absolute atomic E-state index is 0.0878. The molecule has 1 saturated heterocycles. The van der Waals surface area contributed by atoms with E-state index in [1.54, 1.807) is 27.7 Å². The Labute approximate surface area is 153 Å². The van der Waals surface area contributed by atoms with Crippen molar-refractivity contribution in [3.63, 3.8) is 0 Å². The van der Waals surface area contributed by atoms with Crippen molar-refractivity contribution in [3.8, 4) is 6.07 Å². The molecule has 0 radical (unpaired) electrons. The Morgan fingerprint density at radius 1 is 1.35 bits per heavy atom. The molecule has 0 aromatic carbocycles. The number of carbonyl (C=O) groups excluding carboxylic acids is 1. The molecule has 1 aromatic heterocycles. The van der Waals surface area contributed by atoms with Crippen LogP contribution in [-0.2, 0) is 24.8 Å². The molecule has 1 N–H and O–H groups in total. The summed E-state index contributed by atoms with van der Waals surface area (Å²) in [6.07, 6.45) is 0.906. The van der Waals surface area contributed by atoms with Gasteiger partial charge in [-0.1, -0.05) is 19.0 Å². The lowest BCUT2D eigenvalue weighted by atomic mass is 9.91. The van der Waals surface area contributed by atoms with Crippen molar-refractivity contribution in [2.75, 3.05) is 24.3 Å². The molecule has 0 spiro atoms. The molecule has 0 saturated carbocycles. The Hall–Kier alpha value is -1.92. The number of nitrogens with zero attached hydrogens (tertiary/aromatic N) is 2. The first kappa shape index (κ1) is 20.4. The predicted molar refractivity (Wildman–Crippen MR) is 95.2 cm³/mol. The summed E-state index contributed by atoms with van der Waals surface area (Å²) in [5, 5.41) is 15.0. The summed E-state index contributed by atoms with van der Waals surface area (Å²) in [5.41, 5.74) is -1.61. The zero-order valence-corrected chi connectivity index (χ0v) is 16.4. The van der Waals surface area contributed by atoms with E-state index in [2.05, 4.69) is 16.5 Å². The lowest BCUT2D eigenvalue weighted by Gasteiger charge is -2.27. The van der Waals surface area contributed by atoms with Gasteiger partial charge in [-0.2, -0.15) is 5.26 Å². The Morgan fingerprint density at radius 2 is 1.96 bits per heavy atom. The number of carbonyl (C=O) groups is 1. The molecular weight excluding hydrogens is 358 g/mol. The third-order valence-electron chi connectivity index (χ3n) is 4.52. The van der Waals surface area contributed by atoms with Crippen molar-refractivity contribution in [2.24, 2.45) is 5.41 Å². The molecule has 1 aliphatic rings. The van der Waals surface area contributed by atoms with Crippen molar-refractivity contribution < 1.29 is 22.5 Å². The highest BCUT2D eigenvalue weighted by Crippen LogP contribution is 2.28. The van der Waals surface area contributed by atoms with Crippen molar-refractivity contribution in [1.82, 2.24) is 5.16 Å². The lowest BCUT2D eigenvalue weighted by Crippen LogP contribution is -2.41. The zero-order chi connectivity index (χ0) is 19.6. The average Bonchev–Trinajstić information content (AvgIpc) is 3.04. The van der Waals surface area contributed by atoms with Crippen LogP contribution in [0.25, 0.3) is 0 Å². The van der Waals surface area contributed by atoms with E-state index in [0.717, 1.165) is 0 Å². The first-order valence-corrected chi connectivity index (χ1v) is 10.2. The van der Waals surface area contributed by atoms with Gasteiger partial charge in [-0.3, -0.25) is 10.1 Å². The van der Waals surface area contributed by atoms with Gasteiger partial charge >= 0.3 is 0 Å². The molecule has 0 aliphatic carbocycles. The van der Waals surface area contributed by atoms with Crippen LogP contribution in [0, 0.1) is 16.7 Å². The molecule has 0 unspecified atom stereocenters. The van der Waals surface area contributed by atoms with Crippen LogP contribution in [0.2, 0.25) is 0 Å². The van der Waals surface area contributed by atoms with Crippen LogP contribution in [0.15, 0.2) is 10.6 Å².